The highest BCUT2D eigenvalue weighted by atomic mass is 35.5. The van der Waals surface area contributed by atoms with Crippen molar-refractivity contribution in [3.8, 4) is 17.1 Å². The number of halogens is 2. The first kappa shape index (κ1) is 22.9. The molecule has 5 nitrogen and oxygen atoms in total. The standard InChI is InChI=1S/C24H24Cl2N4OS/c1-5-16-8-7-9-17(6-2)22(16)30-23(19-11-10-18(25)12-21(19)26)27-28-24(30)32-13-20-14(3)29-31-15(20)4/h7-12H,5-6,13H2,1-4H3. The van der Waals surface area contributed by atoms with E-state index in [1.807, 2.05) is 26.0 Å². The Balaban J connectivity index is 1.90. The minimum absolute atomic E-state index is 0.542. The number of aryl methyl sites for hydroxylation is 4. The summed E-state index contributed by atoms with van der Waals surface area (Å²) >= 11 is 14.3. The second-order valence-corrected chi connectivity index (χ2v) is 9.28. The largest absolute Gasteiger partial charge is 0.361 e. The first-order chi connectivity index (χ1) is 15.4. The zero-order chi connectivity index (χ0) is 22.8. The summed E-state index contributed by atoms with van der Waals surface area (Å²) in [5.41, 5.74) is 6.34. The van der Waals surface area contributed by atoms with Gasteiger partial charge in [-0.25, -0.2) is 0 Å². The number of benzene rings is 2. The van der Waals surface area contributed by atoms with E-state index in [9.17, 15) is 0 Å². The van der Waals surface area contributed by atoms with Gasteiger partial charge in [0.15, 0.2) is 11.0 Å². The van der Waals surface area contributed by atoms with E-state index in [4.69, 9.17) is 27.7 Å². The molecular formula is C24H24Cl2N4OS. The van der Waals surface area contributed by atoms with Crippen LogP contribution in [0.2, 0.25) is 10.0 Å². The molecule has 0 amide bonds. The van der Waals surface area contributed by atoms with Crippen LogP contribution >= 0.6 is 35.0 Å². The second kappa shape index (κ2) is 9.69. The van der Waals surface area contributed by atoms with Crippen LogP contribution in [0.4, 0.5) is 0 Å². The smallest absolute Gasteiger partial charge is 0.196 e. The van der Waals surface area contributed by atoms with Gasteiger partial charge in [0.1, 0.15) is 5.76 Å². The highest BCUT2D eigenvalue weighted by Gasteiger charge is 2.22. The summed E-state index contributed by atoms with van der Waals surface area (Å²) in [4.78, 5) is 0. The van der Waals surface area contributed by atoms with Crippen LogP contribution in [0.25, 0.3) is 17.1 Å². The van der Waals surface area contributed by atoms with Gasteiger partial charge in [0, 0.05) is 21.9 Å². The topological polar surface area (TPSA) is 56.7 Å². The van der Waals surface area contributed by atoms with Crippen LogP contribution in [0.3, 0.4) is 0 Å². The van der Waals surface area contributed by atoms with Crippen molar-refractivity contribution < 1.29 is 4.52 Å². The van der Waals surface area contributed by atoms with Gasteiger partial charge in [0.2, 0.25) is 0 Å². The van der Waals surface area contributed by atoms with E-state index in [0.29, 0.717) is 21.6 Å². The molecule has 32 heavy (non-hydrogen) atoms. The number of para-hydroxylation sites is 1. The fourth-order valence-corrected chi connectivity index (χ4v) is 5.34. The van der Waals surface area contributed by atoms with Crippen molar-refractivity contribution in [2.45, 2.75) is 51.4 Å². The number of aromatic nitrogens is 4. The van der Waals surface area contributed by atoms with Crippen LogP contribution in [-0.4, -0.2) is 19.9 Å². The lowest BCUT2D eigenvalue weighted by atomic mass is 10.0. The van der Waals surface area contributed by atoms with Gasteiger partial charge in [-0.15, -0.1) is 10.2 Å². The van der Waals surface area contributed by atoms with E-state index < -0.39 is 0 Å². The van der Waals surface area contributed by atoms with Gasteiger partial charge in [-0.2, -0.15) is 0 Å². The van der Waals surface area contributed by atoms with Gasteiger partial charge in [-0.1, -0.05) is 72.2 Å². The molecule has 0 unspecified atom stereocenters. The van der Waals surface area contributed by atoms with E-state index in [2.05, 4.69) is 52.0 Å². The summed E-state index contributed by atoms with van der Waals surface area (Å²) in [7, 11) is 0. The van der Waals surface area contributed by atoms with E-state index in [-0.39, 0.29) is 0 Å². The molecule has 0 fully saturated rings. The second-order valence-electron chi connectivity index (χ2n) is 7.49. The Bertz CT molecular complexity index is 1220. The molecule has 0 N–H and O–H groups in total. The molecule has 4 aromatic rings. The minimum Gasteiger partial charge on any atom is -0.361 e. The van der Waals surface area contributed by atoms with Gasteiger partial charge in [0.05, 0.1) is 16.4 Å². The van der Waals surface area contributed by atoms with Crippen LogP contribution in [-0.2, 0) is 18.6 Å². The fourth-order valence-electron chi connectivity index (χ4n) is 3.76. The molecular weight excluding hydrogens is 463 g/mol. The number of hydrogen-bond acceptors (Lipinski definition) is 5. The lowest BCUT2D eigenvalue weighted by Crippen LogP contribution is -2.07. The van der Waals surface area contributed by atoms with Gasteiger partial charge in [0.25, 0.3) is 0 Å². The van der Waals surface area contributed by atoms with Crippen molar-refractivity contribution in [3.63, 3.8) is 0 Å². The Labute approximate surface area is 202 Å². The van der Waals surface area contributed by atoms with Crippen LogP contribution in [0.5, 0.6) is 0 Å². The highest BCUT2D eigenvalue weighted by molar-refractivity contribution is 7.98. The van der Waals surface area contributed by atoms with E-state index in [1.54, 1.807) is 17.8 Å². The maximum atomic E-state index is 6.59. The molecule has 0 atom stereocenters. The Morgan fingerprint density at radius 1 is 1.00 bits per heavy atom. The highest BCUT2D eigenvalue weighted by Crippen LogP contribution is 2.37. The molecule has 2 aromatic heterocycles. The third-order valence-electron chi connectivity index (χ3n) is 5.52. The summed E-state index contributed by atoms with van der Waals surface area (Å²) < 4.78 is 7.47. The van der Waals surface area contributed by atoms with Gasteiger partial charge in [-0.3, -0.25) is 4.57 Å². The molecule has 0 saturated carbocycles. The molecule has 2 heterocycles. The molecule has 0 bridgehead atoms. The van der Waals surface area contributed by atoms with Gasteiger partial charge >= 0.3 is 0 Å². The molecule has 166 valence electrons. The lowest BCUT2D eigenvalue weighted by molar-refractivity contribution is 0.392. The normalized spacial score (nSPS) is 11.3. The fraction of sp³-hybridized carbons (Fsp3) is 0.292. The van der Waals surface area contributed by atoms with Gasteiger partial charge < -0.3 is 4.52 Å². The predicted molar refractivity (Wildman–Crippen MR) is 131 cm³/mol. The maximum absolute atomic E-state index is 6.59. The van der Waals surface area contributed by atoms with Crippen molar-refractivity contribution in [2.75, 3.05) is 0 Å². The average Bonchev–Trinajstić information content (AvgIpc) is 3.34. The summed E-state index contributed by atoms with van der Waals surface area (Å²) in [5, 5.41) is 15.1. The van der Waals surface area contributed by atoms with E-state index >= 15 is 0 Å². The Morgan fingerprint density at radius 3 is 2.31 bits per heavy atom. The van der Waals surface area contributed by atoms with Crippen molar-refractivity contribution in [1.29, 1.82) is 0 Å². The Morgan fingerprint density at radius 2 is 1.72 bits per heavy atom. The zero-order valence-corrected chi connectivity index (χ0v) is 20.8. The molecule has 2 aromatic carbocycles. The summed E-state index contributed by atoms with van der Waals surface area (Å²) in [6.45, 7) is 8.21. The van der Waals surface area contributed by atoms with Crippen LogP contribution in [0.1, 0.15) is 42.0 Å². The Kier molecular flexibility index (Phi) is 6.93. The summed E-state index contributed by atoms with van der Waals surface area (Å²) in [5.74, 6) is 2.21. The molecule has 0 radical (unpaired) electrons. The Hall–Kier alpha value is -2.28. The summed E-state index contributed by atoms with van der Waals surface area (Å²) in [6.07, 6.45) is 1.78. The molecule has 0 spiro atoms. The zero-order valence-electron chi connectivity index (χ0n) is 18.4. The molecule has 0 aliphatic carbocycles. The van der Waals surface area contributed by atoms with Crippen LogP contribution < -0.4 is 0 Å². The van der Waals surface area contributed by atoms with E-state index in [0.717, 1.165) is 46.3 Å². The lowest BCUT2D eigenvalue weighted by Gasteiger charge is -2.18. The summed E-state index contributed by atoms with van der Waals surface area (Å²) in [6, 6.07) is 11.9. The monoisotopic (exact) mass is 486 g/mol. The minimum atomic E-state index is 0.542. The molecule has 0 saturated heterocycles. The predicted octanol–water partition coefficient (Wildman–Crippen LogP) is 7.26. The number of thioether (sulfide) groups is 1. The van der Waals surface area contributed by atoms with Crippen molar-refractivity contribution in [3.05, 3.63) is 74.6 Å². The van der Waals surface area contributed by atoms with Crippen molar-refractivity contribution >= 4 is 35.0 Å². The maximum Gasteiger partial charge on any atom is 0.196 e. The third kappa shape index (κ3) is 4.32. The SMILES string of the molecule is CCc1cccc(CC)c1-n1c(SCc2c(C)noc2C)nnc1-c1ccc(Cl)cc1Cl. The molecule has 0 aliphatic rings. The van der Waals surface area contributed by atoms with Crippen molar-refractivity contribution in [1.82, 2.24) is 19.9 Å². The number of rotatable bonds is 7. The van der Waals surface area contributed by atoms with Crippen LogP contribution in [0, 0.1) is 13.8 Å². The quantitative estimate of drug-likeness (QED) is 0.257. The first-order valence-corrected chi connectivity index (χ1v) is 12.2. The number of hydrogen-bond donors (Lipinski definition) is 0. The molecule has 4 rings (SSSR count). The van der Waals surface area contributed by atoms with Crippen molar-refractivity contribution in [2.24, 2.45) is 0 Å². The first-order valence-electron chi connectivity index (χ1n) is 10.5. The van der Waals surface area contributed by atoms with Gasteiger partial charge in [-0.05, 0) is 56.0 Å². The number of nitrogens with zero attached hydrogens (tertiary/aromatic N) is 4. The van der Waals surface area contributed by atoms with E-state index in [1.165, 1.54) is 11.1 Å². The third-order valence-corrected chi connectivity index (χ3v) is 7.02. The average molecular weight is 487 g/mol. The molecule has 8 heteroatoms. The molecule has 0 aliphatic heterocycles. The van der Waals surface area contributed by atoms with Crippen LogP contribution in [0.15, 0.2) is 46.1 Å².